The highest BCUT2D eigenvalue weighted by Gasteiger charge is 2.27. The Morgan fingerprint density at radius 2 is 1.77 bits per heavy atom. The van der Waals surface area contributed by atoms with E-state index in [0.717, 1.165) is 0 Å². The molecule has 0 heterocycles. The van der Waals surface area contributed by atoms with Gasteiger partial charge in [0.25, 0.3) is 5.91 Å². The van der Waals surface area contributed by atoms with E-state index >= 15 is 0 Å². The minimum absolute atomic E-state index is 0.228. The minimum Gasteiger partial charge on any atom is -0.481 e. The van der Waals surface area contributed by atoms with Gasteiger partial charge in [-0.25, -0.2) is 0 Å². The first-order chi connectivity index (χ1) is 14.8. The lowest BCUT2D eigenvalue weighted by Gasteiger charge is -2.19. The van der Waals surface area contributed by atoms with Crippen LogP contribution in [0.1, 0.15) is 28.3 Å². The van der Waals surface area contributed by atoms with Crippen molar-refractivity contribution in [1.29, 1.82) is 0 Å². The van der Waals surface area contributed by atoms with Crippen LogP contribution in [0.15, 0.2) is 53.6 Å². The van der Waals surface area contributed by atoms with Crippen molar-refractivity contribution < 1.29 is 29.4 Å². The second kappa shape index (κ2) is 11.0. The molecule has 0 aliphatic heterocycles. The van der Waals surface area contributed by atoms with Crippen LogP contribution in [0.2, 0.25) is 0 Å². The standard InChI is InChI=1S/C20H21N5O6/c21-24-11-23-13-5-3-4-12(8-13)19(30)25-16-7-2-1-6-14(16)15(9-17(26)27)20(31)22-10-18(28)29/h1-8,11,15H,9-10,21H2,(H,22,31)(H,23,24)(H,25,30)(H,26,27)(H,28,29). The molecule has 31 heavy (non-hydrogen) atoms. The number of nitrogens with one attached hydrogen (secondary N) is 3. The predicted octanol–water partition coefficient (Wildman–Crippen LogP) is 1.01. The molecule has 1 atom stereocenters. The van der Waals surface area contributed by atoms with Crippen molar-refractivity contribution in [1.82, 2.24) is 5.32 Å². The number of para-hydroxylation sites is 1. The zero-order chi connectivity index (χ0) is 22.8. The topological polar surface area (TPSA) is 183 Å². The number of hydrogen-bond acceptors (Lipinski definition) is 6. The molecular formula is C20H21N5O6. The van der Waals surface area contributed by atoms with Gasteiger partial charge in [-0.1, -0.05) is 24.3 Å². The number of nitrogens with zero attached hydrogens (tertiary/aromatic N) is 1. The Morgan fingerprint density at radius 3 is 2.45 bits per heavy atom. The Kier molecular flexibility index (Phi) is 8.08. The van der Waals surface area contributed by atoms with Crippen LogP contribution in [0.5, 0.6) is 0 Å². The second-order valence-corrected chi connectivity index (χ2v) is 6.31. The summed E-state index contributed by atoms with van der Waals surface area (Å²) in [5.74, 6) is 0.0350. The van der Waals surface area contributed by atoms with Gasteiger partial charge < -0.3 is 32.0 Å². The molecule has 0 saturated heterocycles. The van der Waals surface area contributed by atoms with Crippen molar-refractivity contribution >= 4 is 41.5 Å². The molecule has 7 N–H and O–H groups in total. The Balaban J connectivity index is 2.30. The maximum atomic E-state index is 12.7. The molecule has 2 aromatic carbocycles. The fourth-order valence-electron chi connectivity index (χ4n) is 2.78. The molecule has 2 aromatic rings. The average Bonchev–Trinajstić information content (AvgIpc) is 2.75. The van der Waals surface area contributed by atoms with Crippen LogP contribution in [0.25, 0.3) is 0 Å². The molecule has 0 aliphatic rings. The summed E-state index contributed by atoms with van der Waals surface area (Å²) < 4.78 is 0. The predicted molar refractivity (Wildman–Crippen MR) is 113 cm³/mol. The number of carboxylic acid groups (broad SMARTS) is 2. The number of amides is 2. The third-order valence-corrected chi connectivity index (χ3v) is 4.12. The largest absolute Gasteiger partial charge is 0.481 e. The van der Waals surface area contributed by atoms with Gasteiger partial charge in [-0.15, -0.1) is 0 Å². The van der Waals surface area contributed by atoms with Crippen molar-refractivity contribution in [2.24, 2.45) is 10.9 Å². The molecule has 0 bridgehead atoms. The monoisotopic (exact) mass is 427 g/mol. The number of carboxylic acids is 2. The van der Waals surface area contributed by atoms with E-state index in [1.54, 1.807) is 36.4 Å². The van der Waals surface area contributed by atoms with Crippen molar-refractivity contribution in [3.05, 3.63) is 59.7 Å². The van der Waals surface area contributed by atoms with E-state index < -0.39 is 42.6 Å². The van der Waals surface area contributed by atoms with Crippen LogP contribution in [-0.2, 0) is 14.4 Å². The Bertz CT molecular complexity index is 1010. The second-order valence-electron chi connectivity index (χ2n) is 6.31. The highest BCUT2D eigenvalue weighted by Crippen LogP contribution is 2.28. The molecule has 2 rings (SSSR count). The van der Waals surface area contributed by atoms with E-state index in [1.807, 2.05) is 0 Å². The summed E-state index contributed by atoms with van der Waals surface area (Å²) in [6.45, 7) is -0.657. The number of anilines is 2. The van der Waals surface area contributed by atoms with Gasteiger partial charge in [-0.3, -0.25) is 19.2 Å². The highest BCUT2D eigenvalue weighted by molar-refractivity contribution is 6.06. The van der Waals surface area contributed by atoms with Crippen LogP contribution in [0.4, 0.5) is 11.4 Å². The summed E-state index contributed by atoms with van der Waals surface area (Å²) in [6.07, 6.45) is 0.661. The summed E-state index contributed by atoms with van der Waals surface area (Å²) >= 11 is 0. The van der Waals surface area contributed by atoms with Crippen LogP contribution in [-0.4, -0.2) is 46.8 Å². The molecular weight excluding hydrogens is 406 g/mol. The number of rotatable bonds is 10. The maximum absolute atomic E-state index is 12.7. The van der Waals surface area contributed by atoms with Gasteiger partial charge in [0.05, 0.1) is 12.3 Å². The zero-order valence-corrected chi connectivity index (χ0v) is 16.2. The van der Waals surface area contributed by atoms with Crippen LogP contribution in [0, 0.1) is 0 Å². The summed E-state index contributed by atoms with van der Waals surface area (Å²) in [5.41, 5.74) is 1.32. The molecule has 11 nitrogen and oxygen atoms in total. The van der Waals surface area contributed by atoms with E-state index in [2.05, 4.69) is 21.1 Å². The van der Waals surface area contributed by atoms with Crippen molar-refractivity contribution in [2.75, 3.05) is 17.2 Å². The van der Waals surface area contributed by atoms with E-state index in [1.165, 1.54) is 18.5 Å². The number of hydrogen-bond donors (Lipinski definition) is 6. The van der Waals surface area contributed by atoms with Gasteiger partial charge in [0.2, 0.25) is 5.91 Å². The number of carbonyl (C=O) groups excluding carboxylic acids is 2. The average molecular weight is 427 g/mol. The van der Waals surface area contributed by atoms with E-state index in [9.17, 15) is 24.3 Å². The third-order valence-electron chi connectivity index (χ3n) is 4.12. The molecule has 0 spiro atoms. The molecule has 162 valence electrons. The molecule has 0 saturated carbocycles. The maximum Gasteiger partial charge on any atom is 0.322 e. The third kappa shape index (κ3) is 6.85. The van der Waals surface area contributed by atoms with E-state index in [4.69, 9.17) is 10.9 Å². The van der Waals surface area contributed by atoms with Crippen LogP contribution in [0.3, 0.4) is 0 Å². The molecule has 2 amide bonds. The summed E-state index contributed by atoms with van der Waals surface area (Å²) in [7, 11) is 0. The molecule has 0 radical (unpaired) electrons. The van der Waals surface area contributed by atoms with Crippen LogP contribution < -0.4 is 21.8 Å². The number of aliphatic carboxylic acids is 2. The van der Waals surface area contributed by atoms with Crippen molar-refractivity contribution in [2.45, 2.75) is 12.3 Å². The summed E-state index contributed by atoms with van der Waals surface area (Å²) in [6, 6.07) is 12.7. The van der Waals surface area contributed by atoms with Crippen molar-refractivity contribution in [3.63, 3.8) is 0 Å². The summed E-state index contributed by atoms with van der Waals surface area (Å²) in [5, 5.41) is 28.9. The lowest BCUT2D eigenvalue weighted by Crippen LogP contribution is -2.34. The Labute approximate surface area is 176 Å². The first-order valence-electron chi connectivity index (χ1n) is 9.01. The number of nitrogens with two attached hydrogens (primary N) is 1. The quantitative estimate of drug-likeness (QED) is 0.140. The molecule has 0 aromatic heterocycles. The molecule has 1 unspecified atom stereocenters. The first-order valence-corrected chi connectivity index (χ1v) is 9.01. The Hall–Kier alpha value is -4.41. The number of carbonyl (C=O) groups is 4. The van der Waals surface area contributed by atoms with E-state index in [-0.39, 0.29) is 16.8 Å². The van der Waals surface area contributed by atoms with Gasteiger partial charge >= 0.3 is 11.9 Å². The smallest absolute Gasteiger partial charge is 0.322 e. The van der Waals surface area contributed by atoms with Gasteiger partial charge in [0.1, 0.15) is 12.9 Å². The van der Waals surface area contributed by atoms with Crippen molar-refractivity contribution in [3.8, 4) is 0 Å². The van der Waals surface area contributed by atoms with Gasteiger partial charge in [0, 0.05) is 16.9 Å². The van der Waals surface area contributed by atoms with Gasteiger partial charge in [-0.2, -0.15) is 5.10 Å². The fourth-order valence-corrected chi connectivity index (χ4v) is 2.78. The highest BCUT2D eigenvalue weighted by atomic mass is 16.4. The molecule has 0 aliphatic carbocycles. The molecule has 0 fully saturated rings. The Morgan fingerprint density at radius 1 is 1.03 bits per heavy atom. The summed E-state index contributed by atoms with van der Waals surface area (Å²) in [4.78, 5) is 47.2. The van der Waals surface area contributed by atoms with Crippen LogP contribution >= 0.6 is 0 Å². The first kappa shape index (κ1) is 22.9. The SMILES string of the molecule is NN=CNc1cccc(C(=O)Nc2ccccc2C(CC(=O)O)C(=O)NCC(=O)O)c1. The minimum atomic E-state index is -1.27. The lowest BCUT2D eigenvalue weighted by molar-refractivity contribution is -0.140. The van der Waals surface area contributed by atoms with Gasteiger partial charge in [0.15, 0.2) is 0 Å². The van der Waals surface area contributed by atoms with E-state index in [0.29, 0.717) is 5.69 Å². The van der Waals surface area contributed by atoms with Gasteiger partial charge in [-0.05, 0) is 29.8 Å². The lowest BCUT2D eigenvalue weighted by atomic mass is 9.93. The number of benzene rings is 2. The zero-order valence-electron chi connectivity index (χ0n) is 16.2. The normalized spacial score (nSPS) is 11.5. The number of hydrazone groups is 1. The molecule has 11 heteroatoms. The fraction of sp³-hybridized carbons (Fsp3) is 0.150.